The number of nitrogens with two attached hydrogens (primary N) is 2. The molecule has 138 valence electrons. The van der Waals surface area contributed by atoms with Crippen LogP contribution in [0.3, 0.4) is 0 Å². The zero-order valence-electron chi connectivity index (χ0n) is 14.6. The Morgan fingerprint density at radius 2 is 1.64 bits per heavy atom. The van der Waals surface area contributed by atoms with Crippen molar-refractivity contribution in [3.63, 3.8) is 0 Å². The van der Waals surface area contributed by atoms with E-state index in [1.807, 2.05) is 18.2 Å². The molecule has 0 aliphatic carbocycles. The number of nitrogen functional groups attached to an aromatic ring is 2. The monoisotopic (exact) mass is 374 g/mol. The average Bonchev–Trinajstić information content (AvgIpc) is 2.69. The van der Waals surface area contributed by atoms with Gasteiger partial charge in [0.2, 0.25) is 5.88 Å². The molecule has 2 heterocycles. The maximum absolute atomic E-state index is 14.8. The molecule has 0 aliphatic rings. The molecule has 4 N–H and O–H groups in total. The van der Waals surface area contributed by atoms with Gasteiger partial charge in [-0.25, -0.2) is 19.3 Å². The van der Waals surface area contributed by atoms with Gasteiger partial charge in [-0.3, -0.25) is 4.98 Å². The summed E-state index contributed by atoms with van der Waals surface area (Å²) < 4.78 is 20.6. The normalized spacial score (nSPS) is 10.6. The highest BCUT2D eigenvalue weighted by Gasteiger charge is 2.13. The lowest BCUT2D eigenvalue weighted by Gasteiger charge is -2.12. The van der Waals surface area contributed by atoms with E-state index in [1.165, 1.54) is 30.9 Å². The summed E-state index contributed by atoms with van der Waals surface area (Å²) in [5, 5.41) is 0. The van der Waals surface area contributed by atoms with Crippen LogP contribution in [0.1, 0.15) is 0 Å². The van der Waals surface area contributed by atoms with E-state index in [0.717, 1.165) is 0 Å². The molecule has 28 heavy (non-hydrogen) atoms. The third-order valence-electron chi connectivity index (χ3n) is 3.99. The Morgan fingerprint density at radius 1 is 0.786 bits per heavy atom. The van der Waals surface area contributed by atoms with Gasteiger partial charge >= 0.3 is 0 Å². The molecule has 0 saturated heterocycles. The molecule has 8 heteroatoms. The molecule has 0 amide bonds. The van der Waals surface area contributed by atoms with E-state index in [9.17, 15) is 4.39 Å². The fourth-order valence-corrected chi connectivity index (χ4v) is 2.68. The van der Waals surface area contributed by atoms with Crippen molar-refractivity contribution in [2.75, 3.05) is 11.5 Å². The Bertz CT molecular complexity index is 1130. The number of ether oxygens (including phenoxy) is 1. The smallest absolute Gasteiger partial charge is 0.224 e. The first-order chi connectivity index (χ1) is 13.6. The molecule has 0 saturated carbocycles. The second-order valence-corrected chi connectivity index (χ2v) is 5.90. The van der Waals surface area contributed by atoms with Crippen molar-refractivity contribution >= 4 is 11.6 Å². The number of nitrogens with zero attached hydrogens (tertiary/aromatic N) is 4. The third kappa shape index (κ3) is 3.56. The minimum atomic E-state index is -0.433. The predicted octanol–water partition coefficient (Wildman–Crippen LogP) is 3.70. The lowest BCUT2D eigenvalue weighted by molar-refractivity contribution is 0.463. The van der Waals surface area contributed by atoms with Gasteiger partial charge in [0, 0.05) is 17.2 Å². The van der Waals surface area contributed by atoms with E-state index in [1.54, 1.807) is 18.2 Å². The van der Waals surface area contributed by atoms with Crippen LogP contribution in [0.15, 0.2) is 67.3 Å². The summed E-state index contributed by atoms with van der Waals surface area (Å²) in [4.78, 5) is 15.9. The van der Waals surface area contributed by atoms with Crippen molar-refractivity contribution in [3.8, 4) is 34.0 Å². The molecule has 0 unspecified atom stereocenters. The molecule has 4 rings (SSSR count). The molecule has 4 aromatic rings. The Hall–Kier alpha value is -4.07. The van der Waals surface area contributed by atoms with Gasteiger partial charge in [0.1, 0.15) is 29.5 Å². The topological polar surface area (TPSA) is 113 Å². The zero-order chi connectivity index (χ0) is 19.5. The molecular weight excluding hydrogens is 359 g/mol. The van der Waals surface area contributed by atoms with Crippen LogP contribution in [0.4, 0.5) is 16.0 Å². The van der Waals surface area contributed by atoms with Crippen molar-refractivity contribution in [2.24, 2.45) is 0 Å². The number of rotatable bonds is 4. The molecule has 2 aromatic carbocycles. The van der Waals surface area contributed by atoms with Crippen molar-refractivity contribution in [3.05, 3.63) is 73.1 Å². The van der Waals surface area contributed by atoms with E-state index in [0.29, 0.717) is 39.8 Å². The van der Waals surface area contributed by atoms with E-state index in [-0.39, 0.29) is 5.82 Å². The van der Waals surface area contributed by atoms with Gasteiger partial charge in [-0.2, -0.15) is 0 Å². The molecule has 0 aliphatic heterocycles. The standard InChI is InChI=1S/C20H15FN6O/c21-15-7-12(5-6-14(15)16-9-25-19(23)10-24-16)13-3-1-2-4-17(13)28-20-8-18(22)26-11-27-20/h1-11H,(H2,23,25)(H2,22,26,27). The maximum Gasteiger partial charge on any atom is 0.224 e. The van der Waals surface area contributed by atoms with Crippen LogP contribution in [0.25, 0.3) is 22.4 Å². The van der Waals surface area contributed by atoms with Crippen LogP contribution in [0.2, 0.25) is 0 Å². The van der Waals surface area contributed by atoms with E-state index < -0.39 is 5.82 Å². The number of hydrogen-bond donors (Lipinski definition) is 2. The number of para-hydroxylation sites is 1. The molecule has 0 atom stereocenters. The maximum atomic E-state index is 14.8. The Labute approximate surface area is 159 Å². The van der Waals surface area contributed by atoms with Gasteiger partial charge in [0.25, 0.3) is 0 Å². The summed E-state index contributed by atoms with van der Waals surface area (Å²) in [5.41, 5.74) is 13.3. The van der Waals surface area contributed by atoms with Crippen molar-refractivity contribution in [1.29, 1.82) is 0 Å². The SMILES string of the molecule is Nc1cnc(-c2ccc(-c3ccccc3Oc3cc(N)ncn3)cc2F)cn1. The summed E-state index contributed by atoms with van der Waals surface area (Å²) in [6.45, 7) is 0. The predicted molar refractivity (Wildman–Crippen MR) is 104 cm³/mol. The van der Waals surface area contributed by atoms with Crippen LogP contribution in [-0.4, -0.2) is 19.9 Å². The fourth-order valence-electron chi connectivity index (χ4n) is 2.68. The molecule has 0 spiro atoms. The highest BCUT2D eigenvalue weighted by Crippen LogP contribution is 2.34. The number of anilines is 2. The van der Waals surface area contributed by atoms with Gasteiger partial charge in [-0.05, 0) is 23.8 Å². The third-order valence-corrected chi connectivity index (χ3v) is 3.99. The van der Waals surface area contributed by atoms with Crippen molar-refractivity contribution < 1.29 is 9.13 Å². The van der Waals surface area contributed by atoms with Crippen LogP contribution in [0, 0.1) is 5.82 Å². The lowest BCUT2D eigenvalue weighted by Crippen LogP contribution is -1.96. The average molecular weight is 374 g/mol. The molecule has 2 aromatic heterocycles. The van der Waals surface area contributed by atoms with Gasteiger partial charge in [-0.15, -0.1) is 0 Å². The number of aromatic nitrogens is 4. The first kappa shape index (κ1) is 17.3. The minimum absolute atomic E-state index is 0.275. The largest absolute Gasteiger partial charge is 0.438 e. The van der Waals surface area contributed by atoms with E-state index >= 15 is 0 Å². The molecular formula is C20H15FN6O. The summed E-state index contributed by atoms with van der Waals surface area (Å²) in [5.74, 6) is 0.951. The number of hydrogen-bond acceptors (Lipinski definition) is 7. The highest BCUT2D eigenvalue weighted by molar-refractivity contribution is 5.74. The Balaban J connectivity index is 1.70. The fraction of sp³-hybridized carbons (Fsp3) is 0. The number of halogens is 1. The van der Waals surface area contributed by atoms with Gasteiger partial charge in [0.15, 0.2) is 0 Å². The molecule has 0 bridgehead atoms. The first-order valence-electron chi connectivity index (χ1n) is 8.32. The van der Waals surface area contributed by atoms with E-state index in [4.69, 9.17) is 16.2 Å². The molecule has 0 fully saturated rings. The van der Waals surface area contributed by atoms with Crippen LogP contribution >= 0.6 is 0 Å². The van der Waals surface area contributed by atoms with Gasteiger partial charge in [-0.1, -0.05) is 24.3 Å². The van der Waals surface area contributed by atoms with Gasteiger partial charge in [0.05, 0.1) is 18.1 Å². The van der Waals surface area contributed by atoms with Crippen molar-refractivity contribution in [1.82, 2.24) is 19.9 Å². The highest BCUT2D eigenvalue weighted by atomic mass is 19.1. The second-order valence-electron chi connectivity index (χ2n) is 5.90. The molecule has 7 nitrogen and oxygen atoms in total. The minimum Gasteiger partial charge on any atom is -0.438 e. The molecule has 0 radical (unpaired) electrons. The first-order valence-corrected chi connectivity index (χ1v) is 8.32. The lowest BCUT2D eigenvalue weighted by atomic mass is 10.0. The van der Waals surface area contributed by atoms with Crippen LogP contribution in [0.5, 0.6) is 11.6 Å². The van der Waals surface area contributed by atoms with Gasteiger partial charge < -0.3 is 16.2 Å². The summed E-state index contributed by atoms with van der Waals surface area (Å²) >= 11 is 0. The number of benzene rings is 2. The summed E-state index contributed by atoms with van der Waals surface area (Å²) in [7, 11) is 0. The quantitative estimate of drug-likeness (QED) is 0.560. The Kier molecular flexibility index (Phi) is 4.51. The summed E-state index contributed by atoms with van der Waals surface area (Å²) in [6, 6.07) is 13.6. The summed E-state index contributed by atoms with van der Waals surface area (Å²) in [6.07, 6.45) is 4.14. The second kappa shape index (κ2) is 7.28. The Morgan fingerprint density at radius 3 is 2.39 bits per heavy atom. The zero-order valence-corrected chi connectivity index (χ0v) is 14.6. The van der Waals surface area contributed by atoms with Crippen LogP contribution in [-0.2, 0) is 0 Å². The van der Waals surface area contributed by atoms with Crippen LogP contribution < -0.4 is 16.2 Å². The van der Waals surface area contributed by atoms with E-state index in [2.05, 4.69) is 19.9 Å². The van der Waals surface area contributed by atoms with Crippen molar-refractivity contribution in [2.45, 2.75) is 0 Å².